The summed E-state index contributed by atoms with van der Waals surface area (Å²) in [6.07, 6.45) is 1.64. The van der Waals surface area contributed by atoms with Gasteiger partial charge in [0.2, 0.25) is 0 Å². The molecule has 128 valence electrons. The Labute approximate surface area is 145 Å². The molecule has 1 fully saturated rings. The van der Waals surface area contributed by atoms with Crippen molar-refractivity contribution < 1.29 is 0 Å². The summed E-state index contributed by atoms with van der Waals surface area (Å²) in [5, 5.41) is 4.10. The zero-order valence-electron chi connectivity index (χ0n) is 13.8. The van der Waals surface area contributed by atoms with Gasteiger partial charge in [0.25, 0.3) is 5.56 Å². The summed E-state index contributed by atoms with van der Waals surface area (Å²) in [7, 11) is 3.18. The van der Waals surface area contributed by atoms with Crippen LogP contribution in [0.4, 0.5) is 0 Å². The Hall–Kier alpha value is -1.89. The number of nitrogens with zero attached hydrogens (tertiary/aromatic N) is 3. The van der Waals surface area contributed by atoms with Crippen molar-refractivity contribution >= 4 is 11.6 Å². The molecular weight excluding hydrogens is 328 g/mol. The third-order valence-electron chi connectivity index (χ3n) is 4.48. The highest BCUT2D eigenvalue weighted by Crippen LogP contribution is 2.25. The number of aryl methyl sites for hydroxylation is 1. The van der Waals surface area contributed by atoms with E-state index in [1.807, 2.05) is 18.2 Å². The molecule has 0 radical (unpaired) electrons. The molecule has 24 heavy (non-hydrogen) atoms. The Bertz CT molecular complexity index is 858. The minimum Gasteiger partial charge on any atom is -0.314 e. The lowest BCUT2D eigenvalue weighted by Crippen LogP contribution is -2.47. The SMILES string of the molecule is Cn1cc(CN2CCNCC2c2cccc(Cl)c2)c(=O)n(C)c1=O. The number of nitrogens with one attached hydrogen (secondary N) is 1. The largest absolute Gasteiger partial charge is 0.330 e. The van der Waals surface area contributed by atoms with Crippen molar-refractivity contribution in [3.63, 3.8) is 0 Å². The van der Waals surface area contributed by atoms with Gasteiger partial charge >= 0.3 is 5.69 Å². The van der Waals surface area contributed by atoms with E-state index >= 15 is 0 Å². The number of aromatic nitrogens is 2. The first-order valence-electron chi connectivity index (χ1n) is 7.93. The monoisotopic (exact) mass is 348 g/mol. The second-order valence-corrected chi connectivity index (χ2v) is 6.59. The summed E-state index contributed by atoms with van der Waals surface area (Å²) in [6, 6.07) is 7.95. The highest BCUT2D eigenvalue weighted by Gasteiger charge is 2.25. The fourth-order valence-corrected chi connectivity index (χ4v) is 3.39. The first kappa shape index (κ1) is 17.0. The minimum absolute atomic E-state index is 0.138. The number of benzene rings is 1. The Kier molecular flexibility index (Phi) is 4.89. The topological polar surface area (TPSA) is 59.3 Å². The maximum absolute atomic E-state index is 12.4. The number of hydrogen-bond donors (Lipinski definition) is 1. The van der Waals surface area contributed by atoms with Crippen LogP contribution in [0, 0.1) is 0 Å². The third-order valence-corrected chi connectivity index (χ3v) is 4.71. The molecule has 1 aromatic carbocycles. The van der Waals surface area contributed by atoms with E-state index in [1.165, 1.54) is 11.6 Å². The molecule has 1 aliphatic rings. The maximum Gasteiger partial charge on any atom is 0.330 e. The van der Waals surface area contributed by atoms with Gasteiger partial charge in [-0.2, -0.15) is 0 Å². The van der Waals surface area contributed by atoms with Crippen molar-refractivity contribution in [2.75, 3.05) is 19.6 Å². The standard InChI is InChI=1S/C17H21ClN4O2/c1-20-10-13(16(23)21(2)17(20)24)11-22-7-6-19-9-15(22)12-4-3-5-14(18)8-12/h3-5,8,10,15,19H,6-7,9,11H2,1-2H3. The Morgan fingerprint density at radius 2 is 2.08 bits per heavy atom. The van der Waals surface area contributed by atoms with Gasteiger partial charge in [0.15, 0.2) is 0 Å². The van der Waals surface area contributed by atoms with Gasteiger partial charge in [-0.3, -0.25) is 14.3 Å². The highest BCUT2D eigenvalue weighted by atomic mass is 35.5. The zero-order valence-corrected chi connectivity index (χ0v) is 14.6. The van der Waals surface area contributed by atoms with E-state index < -0.39 is 0 Å². The summed E-state index contributed by atoms with van der Waals surface area (Å²) >= 11 is 6.13. The predicted molar refractivity (Wildman–Crippen MR) is 94.4 cm³/mol. The maximum atomic E-state index is 12.4. The van der Waals surface area contributed by atoms with Crippen LogP contribution in [0.25, 0.3) is 0 Å². The Morgan fingerprint density at radius 3 is 2.83 bits per heavy atom. The Balaban J connectivity index is 1.93. The third kappa shape index (κ3) is 3.31. The normalized spacial score (nSPS) is 18.7. The van der Waals surface area contributed by atoms with Gasteiger partial charge in [-0.25, -0.2) is 4.79 Å². The molecule has 1 aromatic heterocycles. The van der Waals surface area contributed by atoms with Crippen molar-refractivity contribution in [2.45, 2.75) is 12.6 Å². The van der Waals surface area contributed by atoms with E-state index in [9.17, 15) is 9.59 Å². The summed E-state index contributed by atoms with van der Waals surface area (Å²) in [6.45, 7) is 2.98. The number of hydrogen-bond acceptors (Lipinski definition) is 4. The molecule has 1 N–H and O–H groups in total. The fraction of sp³-hybridized carbons (Fsp3) is 0.412. The summed E-state index contributed by atoms with van der Waals surface area (Å²) < 4.78 is 2.61. The molecule has 0 spiro atoms. The molecule has 0 amide bonds. The van der Waals surface area contributed by atoms with Gasteiger partial charge in [0.05, 0.1) is 0 Å². The minimum atomic E-state index is -0.310. The summed E-state index contributed by atoms with van der Waals surface area (Å²) in [5.74, 6) is 0. The molecule has 1 unspecified atom stereocenters. The van der Waals surface area contributed by atoms with Crippen LogP contribution in [0.15, 0.2) is 40.1 Å². The predicted octanol–water partition coefficient (Wildman–Crippen LogP) is 0.884. The molecule has 1 aliphatic heterocycles. The van der Waals surface area contributed by atoms with Crippen LogP contribution in [0.1, 0.15) is 17.2 Å². The molecule has 6 nitrogen and oxygen atoms in total. The van der Waals surface area contributed by atoms with Gasteiger partial charge in [-0.1, -0.05) is 23.7 Å². The quantitative estimate of drug-likeness (QED) is 0.894. The van der Waals surface area contributed by atoms with Gasteiger partial charge in [0, 0.05) is 63.1 Å². The fourth-order valence-electron chi connectivity index (χ4n) is 3.19. The van der Waals surface area contributed by atoms with Crippen molar-refractivity contribution in [2.24, 2.45) is 14.1 Å². The lowest BCUT2D eigenvalue weighted by molar-refractivity contribution is 0.152. The van der Waals surface area contributed by atoms with E-state index in [0.29, 0.717) is 17.1 Å². The van der Waals surface area contributed by atoms with Crippen LogP contribution in [0.2, 0.25) is 5.02 Å². The van der Waals surface area contributed by atoms with Gasteiger partial charge in [0.1, 0.15) is 0 Å². The molecular formula is C17H21ClN4O2. The molecule has 0 saturated carbocycles. The number of halogens is 1. The second-order valence-electron chi connectivity index (χ2n) is 6.16. The summed E-state index contributed by atoms with van der Waals surface area (Å²) in [5.41, 5.74) is 1.20. The molecule has 2 heterocycles. The lowest BCUT2D eigenvalue weighted by atomic mass is 10.0. The Morgan fingerprint density at radius 1 is 1.29 bits per heavy atom. The van der Waals surface area contributed by atoms with Crippen LogP contribution in [0.3, 0.4) is 0 Å². The molecule has 7 heteroatoms. The lowest BCUT2D eigenvalue weighted by Gasteiger charge is -2.36. The van der Waals surface area contributed by atoms with Crippen LogP contribution >= 0.6 is 11.6 Å². The van der Waals surface area contributed by atoms with E-state index in [4.69, 9.17) is 11.6 Å². The van der Waals surface area contributed by atoms with Crippen molar-refractivity contribution in [1.29, 1.82) is 0 Å². The van der Waals surface area contributed by atoms with Crippen molar-refractivity contribution in [3.05, 3.63) is 67.4 Å². The van der Waals surface area contributed by atoms with Crippen molar-refractivity contribution in [3.8, 4) is 0 Å². The summed E-state index contributed by atoms with van der Waals surface area (Å²) in [4.78, 5) is 26.5. The smallest absolute Gasteiger partial charge is 0.314 e. The van der Waals surface area contributed by atoms with E-state index in [-0.39, 0.29) is 17.3 Å². The first-order chi connectivity index (χ1) is 11.5. The van der Waals surface area contributed by atoms with Crippen LogP contribution < -0.4 is 16.6 Å². The molecule has 2 aromatic rings. The molecule has 0 bridgehead atoms. The van der Waals surface area contributed by atoms with E-state index in [2.05, 4.69) is 16.3 Å². The first-order valence-corrected chi connectivity index (χ1v) is 8.31. The van der Waals surface area contributed by atoms with Crippen LogP contribution in [-0.4, -0.2) is 33.7 Å². The second kappa shape index (κ2) is 6.93. The number of rotatable bonds is 3. The average Bonchev–Trinajstić information content (AvgIpc) is 2.58. The number of piperazine rings is 1. The highest BCUT2D eigenvalue weighted by molar-refractivity contribution is 6.30. The molecule has 1 saturated heterocycles. The zero-order chi connectivity index (χ0) is 17.3. The van der Waals surface area contributed by atoms with E-state index in [0.717, 1.165) is 29.8 Å². The van der Waals surface area contributed by atoms with Crippen molar-refractivity contribution in [1.82, 2.24) is 19.4 Å². The van der Waals surface area contributed by atoms with Crippen LogP contribution in [0.5, 0.6) is 0 Å². The van der Waals surface area contributed by atoms with E-state index in [1.54, 1.807) is 13.2 Å². The van der Waals surface area contributed by atoms with Gasteiger partial charge in [-0.15, -0.1) is 0 Å². The van der Waals surface area contributed by atoms with Gasteiger partial charge < -0.3 is 9.88 Å². The van der Waals surface area contributed by atoms with Gasteiger partial charge in [-0.05, 0) is 17.7 Å². The molecule has 3 rings (SSSR count). The van der Waals surface area contributed by atoms with Crippen LogP contribution in [-0.2, 0) is 20.6 Å². The molecule has 0 aliphatic carbocycles. The molecule has 1 atom stereocenters. The average molecular weight is 349 g/mol.